The monoisotopic (exact) mass is 376 g/mol. The molecule has 0 aromatic heterocycles. The van der Waals surface area contributed by atoms with Crippen LogP contribution in [0.3, 0.4) is 0 Å². The minimum Gasteiger partial charge on any atom is -0.396 e. The van der Waals surface area contributed by atoms with E-state index in [2.05, 4.69) is 49.4 Å². The van der Waals surface area contributed by atoms with Gasteiger partial charge in [-0.1, -0.05) is 67.3 Å². The summed E-state index contributed by atoms with van der Waals surface area (Å²) in [6.45, 7) is 2.41. The summed E-state index contributed by atoms with van der Waals surface area (Å²) in [4.78, 5) is 16.2. The lowest BCUT2D eigenvalue weighted by Crippen LogP contribution is -2.09. The van der Waals surface area contributed by atoms with Crippen LogP contribution in [-0.4, -0.2) is 17.9 Å². The molecular formula is C25H28O3. The third-order valence-corrected chi connectivity index (χ3v) is 5.98. The van der Waals surface area contributed by atoms with Crippen molar-refractivity contribution in [1.82, 2.24) is 0 Å². The first-order valence-corrected chi connectivity index (χ1v) is 10.2. The van der Waals surface area contributed by atoms with Crippen molar-refractivity contribution >= 4 is 17.3 Å². The molecule has 4 rings (SSSR count). The van der Waals surface area contributed by atoms with E-state index in [9.17, 15) is 5.11 Å². The zero-order chi connectivity index (χ0) is 19.9. The van der Waals surface area contributed by atoms with Crippen molar-refractivity contribution < 1.29 is 14.7 Å². The molecule has 146 valence electrons. The highest BCUT2D eigenvalue weighted by Crippen LogP contribution is 2.47. The molecule has 0 radical (unpaired) electrons. The molecule has 3 heteroatoms. The molecule has 1 saturated carbocycles. The molecule has 2 aliphatic carbocycles. The number of aryl methyl sites for hydroxylation is 1. The quantitative estimate of drug-likeness (QED) is 0.817. The second-order valence-corrected chi connectivity index (χ2v) is 7.78. The van der Waals surface area contributed by atoms with Gasteiger partial charge in [0.05, 0.1) is 0 Å². The SMILES string of the molecule is Cc1ccc2c(c1)CC(c1ccccc1CCO)=C2C1CCCCC1.O=C=O. The Balaban J connectivity index is 0.000000706. The number of carbonyl (C=O) groups excluding carboxylic acids is 2. The van der Waals surface area contributed by atoms with Gasteiger partial charge < -0.3 is 5.11 Å². The summed E-state index contributed by atoms with van der Waals surface area (Å²) in [6.07, 6.45) is 8.81. The topological polar surface area (TPSA) is 54.4 Å². The summed E-state index contributed by atoms with van der Waals surface area (Å²) in [6, 6.07) is 15.7. The van der Waals surface area contributed by atoms with Crippen LogP contribution in [0.25, 0.3) is 11.1 Å². The third-order valence-electron chi connectivity index (χ3n) is 5.98. The molecule has 28 heavy (non-hydrogen) atoms. The number of allylic oxidation sites excluding steroid dienone is 2. The first-order valence-electron chi connectivity index (χ1n) is 10.2. The van der Waals surface area contributed by atoms with Crippen molar-refractivity contribution in [2.75, 3.05) is 6.61 Å². The van der Waals surface area contributed by atoms with E-state index in [4.69, 9.17) is 9.59 Å². The highest BCUT2D eigenvalue weighted by Gasteiger charge is 2.30. The fourth-order valence-electron chi connectivity index (χ4n) is 4.83. The predicted octanol–water partition coefficient (Wildman–Crippen LogP) is 4.99. The number of rotatable bonds is 4. The number of hydrogen-bond donors (Lipinski definition) is 1. The molecule has 2 aromatic rings. The van der Waals surface area contributed by atoms with Crippen LogP contribution in [0.5, 0.6) is 0 Å². The molecule has 2 aromatic carbocycles. The van der Waals surface area contributed by atoms with Crippen LogP contribution in [0, 0.1) is 12.8 Å². The molecule has 2 aliphatic rings. The summed E-state index contributed by atoms with van der Waals surface area (Å²) in [5, 5.41) is 9.50. The fourth-order valence-corrected chi connectivity index (χ4v) is 4.83. The maximum absolute atomic E-state index is 9.50. The van der Waals surface area contributed by atoms with Gasteiger partial charge in [0, 0.05) is 6.61 Å². The number of hydrogen-bond acceptors (Lipinski definition) is 3. The van der Waals surface area contributed by atoms with Crippen molar-refractivity contribution in [3.8, 4) is 0 Å². The van der Waals surface area contributed by atoms with Crippen molar-refractivity contribution in [1.29, 1.82) is 0 Å². The molecule has 0 amide bonds. The Morgan fingerprint density at radius 3 is 2.43 bits per heavy atom. The minimum absolute atomic E-state index is 0.217. The number of aliphatic hydroxyl groups excluding tert-OH is 1. The zero-order valence-electron chi connectivity index (χ0n) is 16.5. The van der Waals surface area contributed by atoms with E-state index in [1.807, 2.05) is 0 Å². The average molecular weight is 376 g/mol. The van der Waals surface area contributed by atoms with Crippen LogP contribution < -0.4 is 0 Å². The van der Waals surface area contributed by atoms with Crippen molar-refractivity contribution in [3.05, 3.63) is 70.3 Å². The average Bonchev–Trinajstić information content (AvgIpc) is 3.08. The van der Waals surface area contributed by atoms with E-state index in [0.717, 1.165) is 12.8 Å². The second kappa shape index (κ2) is 9.64. The van der Waals surface area contributed by atoms with Gasteiger partial charge in [-0.3, -0.25) is 0 Å². The van der Waals surface area contributed by atoms with E-state index in [0.29, 0.717) is 5.92 Å². The summed E-state index contributed by atoms with van der Waals surface area (Å²) >= 11 is 0. The molecule has 1 fully saturated rings. The Labute approximate surface area is 167 Å². The van der Waals surface area contributed by atoms with Gasteiger partial charge in [0.1, 0.15) is 0 Å². The van der Waals surface area contributed by atoms with E-state index in [-0.39, 0.29) is 12.8 Å². The van der Waals surface area contributed by atoms with Crippen molar-refractivity contribution in [2.45, 2.75) is 51.9 Å². The number of fused-ring (bicyclic) bond motifs is 1. The van der Waals surface area contributed by atoms with Gasteiger partial charge in [0.25, 0.3) is 0 Å². The summed E-state index contributed by atoms with van der Waals surface area (Å²) in [5.74, 6) is 0.704. The second-order valence-electron chi connectivity index (χ2n) is 7.78. The lowest BCUT2D eigenvalue weighted by molar-refractivity contribution is -0.191. The normalized spacial score (nSPS) is 16.2. The van der Waals surface area contributed by atoms with Gasteiger partial charge in [0.2, 0.25) is 0 Å². The van der Waals surface area contributed by atoms with Gasteiger partial charge in [-0.25, -0.2) is 0 Å². The smallest absolute Gasteiger partial charge is 0.373 e. The molecule has 3 nitrogen and oxygen atoms in total. The molecule has 1 N–H and O–H groups in total. The van der Waals surface area contributed by atoms with Crippen LogP contribution in [0.4, 0.5) is 0 Å². The lowest BCUT2D eigenvalue weighted by Gasteiger charge is -2.26. The maximum Gasteiger partial charge on any atom is 0.373 e. The Kier molecular flexibility index (Phi) is 6.97. The molecule has 0 heterocycles. The predicted molar refractivity (Wildman–Crippen MR) is 111 cm³/mol. The zero-order valence-corrected chi connectivity index (χ0v) is 16.5. The molecular weight excluding hydrogens is 348 g/mol. The molecule has 0 unspecified atom stereocenters. The minimum atomic E-state index is 0.217. The largest absolute Gasteiger partial charge is 0.396 e. The summed E-state index contributed by atoms with van der Waals surface area (Å²) in [7, 11) is 0. The van der Waals surface area contributed by atoms with Crippen LogP contribution >= 0.6 is 0 Å². The van der Waals surface area contributed by atoms with Crippen molar-refractivity contribution in [2.24, 2.45) is 5.92 Å². The summed E-state index contributed by atoms with van der Waals surface area (Å²) < 4.78 is 0. The van der Waals surface area contributed by atoms with E-state index < -0.39 is 0 Å². The van der Waals surface area contributed by atoms with Crippen LogP contribution in [0.2, 0.25) is 0 Å². The Morgan fingerprint density at radius 2 is 1.71 bits per heavy atom. The van der Waals surface area contributed by atoms with E-state index >= 15 is 0 Å². The van der Waals surface area contributed by atoms with Crippen LogP contribution in [0.1, 0.15) is 59.9 Å². The standard InChI is InChI=1S/C24H28O.CO2/c1-17-11-12-22-20(15-17)16-23(24(22)19-8-3-2-4-9-19)21-10-6-5-7-18(21)13-14-25;2-1-3/h5-7,10-12,15,19,25H,2-4,8-9,13-14,16H2,1H3;. The molecule has 0 atom stereocenters. The van der Waals surface area contributed by atoms with Crippen LogP contribution in [-0.2, 0) is 22.4 Å². The highest BCUT2D eigenvalue weighted by molar-refractivity contribution is 5.98. The van der Waals surface area contributed by atoms with E-state index in [1.54, 1.807) is 5.57 Å². The van der Waals surface area contributed by atoms with Gasteiger partial charge in [0.15, 0.2) is 0 Å². The molecule has 0 aliphatic heterocycles. The summed E-state index contributed by atoms with van der Waals surface area (Å²) in [5.41, 5.74) is 10.1. The molecule has 0 bridgehead atoms. The van der Waals surface area contributed by atoms with Gasteiger partial charge in [-0.05, 0) is 71.9 Å². The molecule has 0 saturated heterocycles. The first-order chi connectivity index (χ1) is 13.7. The third kappa shape index (κ3) is 4.32. The van der Waals surface area contributed by atoms with Crippen LogP contribution in [0.15, 0.2) is 42.5 Å². The van der Waals surface area contributed by atoms with E-state index in [1.165, 1.54) is 65.5 Å². The van der Waals surface area contributed by atoms with Gasteiger partial charge in [-0.2, -0.15) is 9.59 Å². The Hall–Kier alpha value is -2.48. The highest BCUT2D eigenvalue weighted by atomic mass is 16.3. The fraction of sp³-hybridized carbons (Fsp3) is 0.400. The molecule has 0 spiro atoms. The number of benzene rings is 2. The Morgan fingerprint density at radius 1 is 1.00 bits per heavy atom. The van der Waals surface area contributed by atoms with Gasteiger partial charge in [-0.15, -0.1) is 0 Å². The maximum atomic E-state index is 9.50. The number of aliphatic hydroxyl groups is 1. The van der Waals surface area contributed by atoms with Gasteiger partial charge >= 0.3 is 6.15 Å². The Bertz CT molecular complexity index is 882. The first kappa shape index (κ1) is 20.3. The van der Waals surface area contributed by atoms with Crippen molar-refractivity contribution in [3.63, 3.8) is 0 Å². The lowest BCUT2D eigenvalue weighted by atomic mass is 9.79.